The Bertz CT molecular complexity index is 729. The second-order valence-electron chi connectivity index (χ2n) is 6.80. The smallest absolute Gasteiger partial charge is 0.220 e. The highest BCUT2D eigenvalue weighted by molar-refractivity contribution is 5.77. The predicted molar refractivity (Wildman–Crippen MR) is 93.6 cm³/mol. The molecule has 0 spiro atoms. The van der Waals surface area contributed by atoms with E-state index in [9.17, 15) is 4.79 Å². The minimum atomic E-state index is -0.331. The summed E-state index contributed by atoms with van der Waals surface area (Å²) < 4.78 is 6.00. The average Bonchev–Trinajstić information content (AvgIpc) is 2.54. The van der Waals surface area contributed by atoms with E-state index in [-0.39, 0.29) is 17.6 Å². The van der Waals surface area contributed by atoms with Crippen LogP contribution in [0.1, 0.15) is 44.0 Å². The van der Waals surface area contributed by atoms with Crippen molar-refractivity contribution in [3.05, 3.63) is 53.9 Å². The molecule has 0 bridgehead atoms. The molecule has 0 radical (unpaired) electrons. The SMILES string of the molecule is CC1(C)CC(NC(=O)CCc2ccccn2)c2cc(N)ccc2O1. The van der Waals surface area contributed by atoms with Gasteiger partial charge in [-0.15, -0.1) is 0 Å². The van der Waals surface area contributed by atoms with Crippen LogP contribution in [0.5, 0.6) is 5.75 Å². The van der Waals surface area contributed by atoms with Crippen molar-refractivity contribution in [3.63, 3.8) is 0 Å². The van der Waals surface area contributed by atoms with Crippen LogP contribution in [0.4, 0.5) is 5.69 Å². The van der Waals surface area contributed by atoms with Crippen LogP contribution in [0.2, 0.25) is 0 Å². The lowest BCUT2D eigenvalue weighted by molar-refractivity contribution is -0.122. The maximum atomic E-state index is 12.4. The lowest BCUT2D eigenvalue weighted by Crippen LogP contribution is -2.41. The fraction of sp³-hybridized carbons (Fsp3) is 0.368. The molecule has 0 saturated heterocycles. The van der Waals surface area contributed by atoms with Crippen molar-refractivity contribution < 1.29 is 9.53 Å². The molecule has 1 atom stereocenters. The standard InChI is InChI=1S/C19H23N3O2/c1-19(2)12-16(15-11-13(20)6-8-17(15)24-19)22-18(23)9-7-14-5-3-4-10-21-14/h3-6,8,10-11,16H,7,9,12,20H2,1-2H3,(H,22,23). The van der Waals surface area contributed by atoms with E-state index >= 15 is 0 Å². The summed E-state index contributed by atoms with van der Waals surface area (Å²) in [7, 11) is 0. The van der Waals surface area contributed by atoms with Gasteiger partial charge in [-0.2, -0.15) is 0 Å². The summed E-state index contributed by atoms with van der Waals surface area (Å²) in [4.78, 5) is 16.6. The highest BCUT2D eigenvalue weighted by Crippen LogP contribution is 2.40. The number of aryl methyl sites for hydroxylation is 1. The molecule has 24 heavy (non-hydrogen) atoms. The topological polar surface area (TPSA) is 77.2 Å². The van der Waals surface area contributed by atoms with Gasteiger partial charge in [-0.3, -0.25) is 9.78 Å². The van der Waals surface area contributed by atoms with Crippen molar-refractivity contribution in [2.24, 2.45) is 0 Å². The summed E-state index contributed by atoms with van der Waals surface area (Å²) in [6.07, 6.45) is 3.49. The third kappa shape index (κ3) is 3.85. The highest BCUT2D eigenvalue weighted by Gasteiger charge is 2.34. The van der Waals surface area contributed by atoms with Crippen LogP contribution in [0.15, 0.2) is 42.6 Å². The van der Waals surface area contributed by atoms with Crippen LogP contribution in [0.25, 0.3) is 0 Å². The fourth-order valence-electron chi connectivity index (χ4n) is 3.06. The zero-order valence-electron chi connectivity index (χ0n) is 14.1. The number of nitrogens with zero attached hydrogens (tertiary/aromatic N) is 1. The van der Waals surface area contributed by atoms with Gasteiger partial charge in [0.25, 0.3) is 0 Å². The number of hydrogen-bond donors (Lipinski definition) is 2. The van der Waals surface area contributed by atoms with E-state index < -0.39 is 0 Å². The Kier molecular flexibility index (Phi) is 4.42. The Labute approximate surface area is 142 Å². The molecule has 5 heteroatoms. The Morgan fingerprint density at radius 3 is 2.96 bits per heavy atom. The number of carbonyl (C=O) groups excluding carboxylic acids is 1. The Morgan fingerprint density at radius 1 is 1.38 bits per heavy atom. The van der Waals surface area contributed by atoms with Gasteiger partial charge in [0.05, 0.1) is 6.04 Å². The molecule has 1 aromatic heterocycles. The molecule has 1 aliphatic rings. The summed E-state index contributed by atoms with van der Waals surface area (Å²) in [5, 5.41) is 3.13. The molecule has 3 N–H and O–H groups in total. The van der Waals surface area contributed by atoms with Gasteiger partial charge in [0.15, 0.2) is 0 Å². The number of fused-ring (bicyclic) bond motifs is 1. The predicted octanol–water partition coefficient (Wildman–Crippen LogP) is 3.02. The number of nitrogen functional groups attached to an aromatic ring is 1. The van der Waals surface area contributed by atoms with Gasteiger partial charge in [-0.05, 0) is 50.6 Å². The molecule has 2 heterocycles. The number of ether oxygens (including phenoxy) is 1. The summed E-state index contributed by atoms with van der Waals surface area (Å²) in [5.74, 6) is 0.798. The molecule has 0 saturated carbocycles. The number of hydrogen-bond acceptors (Lipinski definition) is 4. The lowest BCUT2D eigenvalue weighted by Gasteiger charge is -2.38. The first kappa shape index (κ1) is 16.3. The summed E-state index contributed by atoms with van der Waals surface area (Å²) >= 11 is 0. The Hall–Kier alpha value is -2.56. The number of carbonyl (C=O) groups is 1. The number of anilines is 1. The third-order valence-corrected chi connectivity index (χ3v) is 4.16. The van der Waals surface area contributed by atoms with E-state index in [1.165, 1.54) is 0 Å². The highest BCUT2D eigenvalue weighted by atomic mass is 16.5. The van der Waals surface area contributed by atoms with Crippen LogP contribution in [-0.2, 0) is 11.2 Å². The summed E-state index contributed by atoms with van der Waals surface area (Å²) in [5.41, 5.74) is 8.11. The van der Waals surface area contributed by atoms with Crippen LogP contribution in [0.3, 0.4) is 0 Å². The van der Waals surface area contributed by atoms with Gasteiger partial charge >= 0.3 is 0 Å². The van der Waals surface area contributed by atoms with Crippen molar-refractivity contribution in [1.29, 1.82) is 0 Å². The molecule has 3 rings (SSSR count). The van der Waals surface area contributed by atoms with E-state index in [1.807, 2.05) is 50.2 Å². The largest absolute Gasteiger partial charge is 0.487 e. The van der Waals surface area contributed by atoms with Crippen molar-refractivity contribution in [2.45, 2.75) is 44.8 Å². The molecule has 0 fully saturated rings. The summed E-state index contributed by atoms with van der Waals surface area (Å²) in [6.45, 7) is 4.05. The molecule has 1 aromatic carbocycles. The number of rotatable bonds is 4. The lowest BCUT2D eigenvalue weighted by atomic mass is 9.89. The number of aromatic nitrogens is 1. The molecule has 1 unspecified atom stereocenters. The van der Waals surface area contributed by atoms with E-state index in [1.54, 1.807) is 6.20 Å². The maximum Gasteiger partial charge on any atom is 0.220 e. The minimum Gasteiger partial charge on any atom is -0.487 e. The van der Waals surface area contributed by atoms with Crippen molar-refractivity contribution in [2.75, 3.05) is 5.73 Å². The molecular formula is C19H23N3O2. The average molecular weight is 325 g/mol. The number of benzene rings is 1. The first-order valence-corrected chi connectivity index (χ1v) is 8.21. The first-order valence-electron chi connectivity index (χ1n) is 8.21. The molecule has 1 aliphatic heterocycles. The van der Waals surface area contributed by atoms with Crippen molar-refractivity contribution in [1.82, 2.24) is 10.3 Å². The number of nitrogens with two attached hydrogens (primary N) is 1. The van der Waals surface area contributed by atoms with Gasteiger partial charge in [0.2, 0.25) is 5.91 Å². The minimum absolute atomic E-state index is 0.0109. The zero-order valence-corrected chi connectivity index (χ0v) is 14.1. The van der Waals surface area contributed by atoms with Crippen LogP contribution >= 0.6 is 0 Å². The molecule has 2 aromatic rings. The number of nitrogens with one attached hydrogen (secondary N) is 1. The molecular weight excluding hydrogens is 302 g/mol. The quantitative estimate of drug-likeness (QED) is 0.847. The second-order valence-corrected chi connectivity index (χ2v) is 6.80. The van der Waals surface area contributed by atoms with E-state index in [4.69, 9.17) is 10.5 Å². The van der Waals surface area contributed by atoms with E-state index in [2.05, 4.69) is 10.3 Å². The van der Waals surface area contributed by atoms with E-state index in [0.29, 0.717) is 24.9 Å². The molecule has 5 nitrogen and oxygen atoms in total. The Morgan fingerprint density at radius 2 is 2.21 bits per heavy atom. The van der Waals surface area contributed by atoms with Crippen LogP contribution < -0.4 is 15.8 Å². The molecule has 1 amide bonds. The van der Waals surface area contributed by atoms with Gasteiger partial charge < -0.3 is 15.8 Å². The fourth-order valence-corrected chi connectivity index (χ4v) is 3.06. The third-order valence-electron chi connectivity index (χ3n) is 4.16. The maximum absolute atomic E-state index is 12.4. The van der Waals surface area contributed by atoms with Gasteiger partial charge in [0.1, 0.15) is 11.4 Å². The van der Waals surface area contributed by atoms with Crippen molar-refractivity contribution in [3.8, 4) is 5.75 Å². The first-order chi connectivity index (χ1) is 11.4. The molecule has 126 valence electrons. The second kappa shape index (κ2) is 6.51. The van der Waals surface area contributed by atoms with E-state index in [0.717, 1.165) is 17.0 Å². The number of amides is 1. The molecule has 0 aliphatic carbocycles. The van der Waals surface area contributed by atoms with Crippen LogP contribution in [-0.4, -0.2) is 16.5 Å². The summed E-state index contributed by atoms with van der Waals surface area (Å²) in [6, 6.07) is 11.2. The van der Waals surface area contributed by atoms with Crippen molar-refractivity contribution >= 4 is 11.6 Å². The Balaban J connectivity index is 1.70. The van der Waals surface area contributed by atoms with Gasteiger partial charge in [-0.25, -0.2) is 0 Å². The van der Waals surface area contributed by atoms with Crippen LogP contribution in [0, 0.1) is 0 Å². The number of pyridine rings is 1. The van der Waals surface area contributed by atoms with Gasteiger partial charge in [-0.1, -0.05) is 6.07 Å². The zero-order chi connectivity index (χ0) is 17.2. The van der Waals surface area contributed by atoms with Gasteiger partial charge in [0, 0.05) is 36.0 Å². The monoisotopic (exact) mass is 325 g/mol. The normalized spacial score (nSPS) is 18.3.